The first kappa shape index (κ1) is 17.7. The van der Waals surface area contributed by atoms with E-state index >= 15 is 0 Å². The molecule has 1 aromatic rings. The third-order valence-electron chi connectivity index (χ3n) is 3.93. The van der Waals surface area contributed by atoms with Crippen molar-refractivity contribution in [1.29, 1.82) is 0 Å². The Balaban J connectivity index is 1.57. The van der Waals surface area contributed by atoms with Crippen molar-refractivity contribution >= 4 is 5.91 Å². The monoisotopic (exact) mass is 321 g/mol. The van der Waals surface area contributed by atoms with Crippen molar-refractivity contribution in [3.8, 4) is 5.75 Å². The van der Waals surface area contributed by atoms with E-state index in [4.69, 9.17) is 9.84 Å². The maximum atomic E-state index is 11.9. The maximum Gasteiger partial charge on any atom is 0.234 e. The first-order valence-corrected chi connectivity index (χ1v) is 8.19. The second kappa shape index (κ2) is 9.50. The van der Waals surface area contributed by atoms with E-state index in [0.29, 0.717) is 19.7 Å². The lowest BCUT2D eigenvalue weighted by Crippen LogP contribution is -2.50. The molecular formula is C17H27N3O3. The molecule has 2 N–H and O–H groups in total. The fraction of sp³-hybridized carbons (Fsp3) is 0.588. The highest BCUT2D eigenvalue weighted by Gasteiger charge is 2.18. The van der Waals surface area contributed by atoms with Crippen LogP contribution in [0.15, 0.2) is 24.3 Å². The molecule has 0 unspecified atom stereocenters. The number of carbonyl (C=O) groups excluding carboxylic acids is 1. The summed E-state index contributed by atoms with van der Waals surface area (Å²) in [5, 5.41) is 11.8. The van der Waals surface area contributed by atoms with Gasteiger partial charge in [-0.2, -0.15) is 0 Å². The van der Waals surface area contributed by atoms with Crippen LogP contribution in [0.1, 0.15) is 5.56 Å². The molecule has 1 saturated heterocycles. The van der Waals surface area contributed by atoms with Crippen molar-refractivity contribution < 1.29 is 14.6 Å². The van der Waals surface area contributed by atoms with Gasteiger partial charge in [0.05, 0.1) is 19.7 Å². The standard InChI is InChI=1S/C17H27N3O3/c1-15-3-2-4-16(13-15)23-12-5-18-17(22)14-20-8-6-19(7-9-20)10-11-21/h2-4,13,21H,5-12,14H2,1H3,(H,18,22). The minimum atomic E-state index is 0.0356. The number of β-amino-alcohol motifs (C(OH)–C–C–N with tert-alkyl or cyclic N) is 1. The van der Waals surface area contributed by atoms with Crippen LogP contribution in [0.25, 0.3) is 0 Å². The number of aliphatic hydroxyl groups excluding tert-OH is 1. The van der Waals surface area contributed by atoms with Crippen LogP contribution in [0.4, 0.5) is 0 Å². The van der Waals surface area contributed by atoms with E-state index in [1.165, 1.54) is 0 Å². The summed E-state index contributed by atoms with van der Waals surface area (Å²) in [5.41, 5.74) is 1.16. The summed E-state index contributed by atoms with van der Waals surface area (Å²) >= 11 is 0. The number of piperazine rings is 1. The van der Waals surface area contributed by atoms with E-state index in [2.05, 4.69) is 15.1 Å². The molecule has 0 spiro atoms. The molecule has 0 radical (unpaired) electrons. The van der Waals surface area contributed by atoms with Crippen LogP contribution in [0.2, 0.25) is 0 Å². The highest BCUT2D eigenvalue weighted by atomic mass is 16.5. The van der Waals surface area contributed by atoms with Crippen molar-refractivity contribution in [3.63, 3.8) is 0 Å². The van der Waals surface area contributed by atoms with Gasteiger partial charge in [0.25, 0.3) is 0 Å². The molecule has 6 heteroatoms. The van der Waals surface area contributed by atoms with Crippen molar-refractivity contribution in [2.45, 2.75) is 6.92 Å². The van der Waals surface area contributed by atoms with Crippen LogP contribution < -0.4 is 10.1 Å². The fourth-order valence-electron chi connectivity index (χ4n) is 2.64. The lowest BCUT2D eigenvalue weighted by atomic mass is 10.2. The quantitative estimate of drug-likeness (QED) is 0.665. The number of amides is 1. The lowest BCUT2D eigenvalue weighted by molar-refractivity contribution is -0.122. The second-order valence-electron chi connectivity index (χ2n) is 5.86. The summed E-state index contributed by atoms with van der Waals surface area (Å²) in [5.74, 6) is 0.868. The molecule has 23 heavy (non-hydrogen) atoms. The van der Waals surface area contributed by atoms with E-state index in [1.807, 2.05) is 31.2 Å². The Labute approximate surface area is 138 Å². The summed E-state index contributed by atoms with van der Waals surface area (Å²) in [6.07, 6.45) is 0. The van der Waals surface area contributed by atoms with Crippen molar-refractivity contribution in [3.05, 3.63) is 29.8 Å². The minimum absolute atomic E-state index is 0.0356. The number of aryl methyl sites for hydroxylation is 1. The molecule has 6 nitrogen and oxygen atoms in total. The van der Waals surface area contributed by atoms with Crippen molar-refractivity contribution in [2.24, 2.45) is 0 Å². The summed E-state index contributed by atoms with van der Waals surface area (Å²) in [7, 11) is 0. The summed E-state index contributed by atoms with van der Waals surface area (Å²) in [6.45, 7) is 7.90. The van der Waals surface area contributed by atoms with Crippen LogP contribution in [-0.2, 0) is 4.79 Å². The largest absolute Gasteiger partial charge is 0.492 e. The predicted molar refractivity (Wildman–Crippen MR) is 89.6 cm³/mol. The Morgan fingerprint density at radius 3 is 2.70 bits per heavy atom. The normalized spacial score (nSPS) is 16.3. The molecule has 1 fully saturated rings. The van der Waals surface area contributed by atoms with E-state index in [-0.39, 0.29) is 12.5 Å². The highest BCUT2D eigenvalue weighted by molar-refractivity contribution is 5.78. The van der Waals surface area contributed by atoms with Gasteiger partial charge in [0.2, 0.25) is 5.91 Å². The number of rotatable bonds is 8. The third kappa shape index (κ3) is 6.56. The molecule has 1 aliphatic heterocycles. The highest BCUT2D eigenvalue weighted by Crippen LogP contribution is 2.11. The van der Waals surface area contributed by atoms with Gasteiger partial charge >= 0.3 is 0 Å². The van der Waals surface area contributed by atoms with Gasteiger partial charge in [-0.3, -0.25) is 14.6 Å². The number of benzene rings is 1. The molecule has 0 aliphatic carbocycles. The molecule has 0 aromatic heterocycles. The van der Waals surface area contributed by atoms with Gasteiger partial charge in [-0.1, -0.05) is 12.1 Å². The SMILES string of the molecule is Cc1cccc(OCCNC(=O)CN2CCN(CCO)CC2)c1. The summed E-state index contributed by atoms with van der Waals surface area (Å²) in [6, 6.07) is 7.88. The fourth-order valence-corrected chi connectivity index (χ4v) is 2.64. The number of carbonyl (C=O) groups is 1. The van der Waals surface area contributed by atoms with Crippen LogP contribution in [-0.4, -0.2) is 79.8 Å². The van der Waals surface area contributed by atoms with Crippen LogP contribution in [0.3, 0.4) is 0 Å². The Bertz CT molecular complexity index is 488. The van der Waals surface area contributed by atoms with Crippen LogP contribution in [0, 0.1) is 6.92 Å². The van der Waals surface area contributed by atoms with E-state index < -0.39 is 0 Å². The number of aliphatic hydroxyl groups is 1. The molecule has 2 rings (SSSR count). The molecule has 1 aliphatic rings. The average Bonchev–Trinajstić information content (AvgIpc) is 2.54. The van der Waals surface area contributed by atoms with E-state index in [9.17, 15) is 4.79 Å². The number of hydrogen-bond acceptors (Lipinski definition) is 5. The zero-order valence-electron chi connectivity index (χ0n) is 13.8. The summed E-state index contributed by atoms with van der Waals surface area (Å²) in [4.78, 5) is 16.3. The Hall–Kier alpha value is -1.63. The van der Waals surface area contributed by atoms with Gasteiger partial charge in [0, 0.05) is 32.7 Å². The van der Waals surface area contributed by atoms with E-state index in [0.717, 1.165) is 44.0 Å². The van der Waals surface area contributed by atoms with Gasteiger partial charge in [-0.15, -0.1) is 0 Å². The topological polar surface area (TPSA) is 65.0 Å². The number of hydrogen-bond donors (Lipinski definition) is 2. The first-order chi connectivity index (χ1) is 11.2. The van der Waals surface area contributed by atoms with Crippen molar-refractivity contribution in [1.82, 2.24) is 15.1 Å². The van der Waals surface area contributed by atoms with Crippen LogP contribution in [0.5, 0.6) is 5.75 Å². The van der Waals surface area contributed by atoms with Gasteiger partial charge in [0.15, 0.2) is 0 Å². The van der Waals surface area contributed by atoms with Gasteiger partial charge in [-0.05, 0) is 24.6 Å². The Morgan fingerprint density at radius 2 is 2.00 bits per heavy atom. The van der Waals surface area contributed by atoms with Gasteiger partial charge in [0.1, 0.15) is 12.4 Å². The molecule has 1 heterocycles. The molecule has 128 valence electrons. The van der Waals surface area contributed by atoms with E-state index in [1.54, 1.807) is 0 Å². The maximum absolute atomic E-state index is 11.9. The number of ether oxygens (including phenoxy) is 1. The zero-order valence-corrected chi connectivity index (χ0v) is 13.8. The molecular weight excluding hydrogens is 294 g/mol. The lowest BCUT2D eigenvalue weighted by Gasteiger charge is -2.33. The zero-order chi connectivity index (χ0) is 16.5. The molecule has 0 saturated carbocycles. The molecule has 1 amide bonds. The van der Waals surface area contributed by atoms with Gasteiger partial charge < -0.3 is 15.2 Å². The van der Waals surface area contributed by atoms with Crippen molar-refractivity contribution in [2.75, 3.05) is 59.0 Å². The minimum Gasteiger partial charge on any atom is -0.492 e. The summed E-state index contributed by atoms with van der Waals surface area (Å²) < 4.78 is 5.61. The van der Waals surface area contributed by atoms with Crippen LogP contribution >= 0.6 is 0 Å². The van der Waals surface area contributed by atoms with Gasteiger partial charge in [-0.25, -0.2) is 0 Å². The molecule has 0 atom stereocenters. The Kier molecular flexibility index (Phi) is 7.32. The predicted octanol–water partition coefficient (Wildman–Crippen LogP) is 0.0999. The average molecular weight is 321 g/mol. The first-order valence-electron chi connectivity index (χ1n) is 8.19. The Morgan fingerprint density at radius 1 is 1.26 bits per heavy atom. The number of nitrogens with one attached hydrogen (secondary N) is 1. The third-order valence-corrected chi connectivity index (χ3v) is 3.93. The smallest absolute Gasteiger partial charge is 0.234 e. The molecule has 1 aromatic carbocycles. The second-order valence-corrected chi connectivity index (χ2v) is 5.86. The molecule has 0 bridgehead atoms. The number of nitrogens with zero attached hydrogens (tertiary/aromatic N) is 2.